The maximum Gasteiger partial charge on any atom is 0.242 e. The van der Waals surface area contributed by atoms with E-state index >= 15 is 0 Å². The van der Waals surface area contributed by atoms with Gasteiger partial charge < -0.3 is 10.3 Å². The molecule has 1 aromatic rings. The van der Waals surface area contributed by atoms with Crippen molar-refractivity contribution in [3.63, 3.8) is 0 Å². The Kier molecular flexibility index (Phi) is 4.65. The molecule has 0 unspecified atom stereocenters. The summed E-state index contributed by atoms with van der Waals surface area (Å²) >= 11 is 0. The van der Waals surface area contributed by atoms with Gasteiger partial charge in [-0.2, -0.15) is 0 Å². The largest absolute Gasteiger partial charge is 0.349 e. The minimum absolute atomic E-state index is 0.331. The van der Waals surface area contributed by atoms with Crippen LogP contribution in [-0.2, 0) is 23.1 Å². The van der Waals surface area contributed by atoms with E-state index < -0.39 is 10.0 Å². The lowest BCUT2D eigenvalue weighted by Gasteiger charge is -2.04. The van der Waals surface area contributed by atoms with E-state index in [1.807, 2.05) is 4.57 Å². The normalized spacial score (nSPS) is 15.9. The molecule has 0 amide bonds. The second-order valence-electron chi connectivity index (χ2n) is 5.19. The summed E-state index contributed by atoms with van der Waals surface area (Å²) < 4.78 is 28.9. The van der Waals surface area contributed by atoms with Gasteiger partial charge in [-0.05, 0) is 24.8 Å². The Morgan fingerprint density at radius 3 is 2.79 bits per heavy atom. The smallest absolute Gasteiger partial charge is 0.242 e. The Labute approximate surface area is 115 Å². The van der Waals surface area contributed by atoms with E-state index in [-0.39, 0.29) is 0 Å². The Morgan fingerprint density at radius 2 is 2.21 bits per heavy atom. The van der Waals surface area contributed by atoms with Crippen LogP contribution in [0.25, 0.3) is 0 Å². The molecule has 0 aliphatic heterocycles. The van der Waals surface area contributed by atoms with Gasteiger partial charge in [-0.15, -0.1) is 0 Å². The molecule has 1 saturated carbocycles. The molecule has 108 valence electrons. The van der Waals surface area contributed by atoms with Crippen LogP contribution in [0.15, 0.2) is 17.2 Å². The van der Waals surface area contributed by atoms with E-state index in [0.29, 0.717) is 18.0 Å². The zero-order chi connectivity index (χ0) is 13.9. The SMILES string of the molecule is CCCn1cc(S(=O)(=O)NCCC2CC2)cc1CN. The zero-order valence-corrected chi connectivity index (χ0v) is 12.2. The molecule has 0 spiro atoms. The van der Waals surface area contributed by atoms with Crippen molar-refractivity contribution in [3.05, 3.63) is 18.0 Å². The minimum atomic E-state index is -3.38. The standard InChI is InChI=1S/C13H23N3O2S/c1-2-7-16-10-13(8-12(16)9-14)19(17,18)15-6-5-11-3-4-11/h8,10-11,15H,2-7,9,14H2,1H3. The Hall–Kier alpha value is -0.850. The summed E-state index contributed by atoms with van der Waals surface area (Å²) in [6.45, 7) is 3.74. The topological polar surface area (TPSA) is 77.1 Å². The summed E-state index contributed by atoms with van der Waals surface area (Å²) in [5.74, 6) is 0.729. The van der Waals surface area contributed by atoms with Crippen molar-refractivity contribution in [3.8, 4) is 0 Å². The monoisotopic (exact) mass is 285 g/mol. The van der Waals surface area contributed by atoms with Crippen molar-refractivity contribution < 1.29 is 8.42 Å². The molecule has 2 rings (SSSR count). The number of nitrogens with zero attached hydrogens (tertiary/aromatic N) is 1. The second-order valence-corrected chi connectivity index (χ2v) is 6.96. The van der Waals surface area contributed by atoms with E-state index in [1.165, 1.54) is 12.8 Å². The third-order valence-corrected chi connectivity index (χ3v) is 4.91. The van der Waals surface area contributed by atoms with Crippen LogP contribution in [0.5, 0.6) is 0 Å². The predicted molar refractivity (Wildman–Crippen MR) is 75.1 cm³/mol. The highest BCUT2D eigenvalue weighted by molar-refractivity contribution is 7.89. The summed E-state index contributed by atoms with van der Waals surface area (Å²) in [7, 11) is -3.38. The van der Waals surface area contributed by atoms with E-state index in [1.54, 1.807) is 12.3 Å². The summed E-state index contributed by atoms with van der Waals surface area (Å²) in [5.41, 5.74) is 6.51. The van der Waals surface area contributed by atoms with Gasteiger partial charge >= 0.3 is 0 Å². The van der Waals surface area contributed by atoms with Crippen LogP contribution >= 0.6 is 0 Å². The maximum absolute atomic E-state index is 12.2. The molecule has 1 aliphatic rings. The molecule has 1 aliphatic carbocycles. The van der Waals surface area contributed by atoms with Gasteiger partial charge in [0.1, 0.15) is 0 Å². The molecular formula is C13H23N3O2S. The molecule has 0 radical (unpaired) electrons. The Bertz CT molecular complexity index is 518. The van der Waals surface area contributed by atoms with E-state index in [4.69, 9.17) is 5.73 Å². The van der Waals surface area contributed by atoms with Crippen LogP contribution in [0.2, 0.25) is 0 Å². The molecule has 19 heavy (non-hydrogen) atoms. The third-order valence-electron chi connectivity index (χ3n) is 3.49. The van der Waals surface area contributed by atoms with E-state index in [2.05, 4.69) is 11.6 Å². The zero-order valence-electron chi connectivity index (χ0n) is 11.4. The van der Waals surface area contributed by atoms with Crippen LogP contribution in [0.1, 0.15) is 38.3 Å². The van der Waals surface area contributed by atoms with Crippen LogP contribution in [0.4, 0.5) is 0 Å². The van der Waals surface area contributed by atoms with E-state index in [0.717, 1.165) is 31.0 Å². The maximum atomic E-state index is 12.2. The molecule has 1 aromatic heterocycles. The highest BCUT2D eigenvalue weighted by atomic mass is 32.2. The van der Waals surface area contributed by atoms with Gasteiger partial charge in [0, 0.05) is 31.5 Å². The van der Waals surface area contributed by atoms with Crippen molar-refractivity contribution in [2.45, 2.75) is 50.6 Å². The Balaban J connectivity index is 2.05. The fraction of sp³-hybridized carbons (Fsp3) is 0.692. The molecule has 0 saturated heterocycles. The number of rotatable bonds is 8. The predicted octanol–water partition coefficient (Wildman–Crippen LogP) is 1.44. The fourth-order valence-electron chi connectivity index (χ4n) is 2.18. The van der Waals surface area contributed by atoms with Crippen LogP contribution in [0.3, 0.4) is 0 Å². The lowest BCUT2D eigenvalue weighted by atomic mass is 10.3. The number of nitrogens with one attached hydrogen (secondary N) is 1. The number of aryl methyl sites for hydroxylation is 1. The molecule has 5 nitrogen and oxygen atoms in total. The summed E-state index contributed by atoms with van der Waals surface area (Å²) in [4.78, 5) is 0.331. The second kappa shape index (κ2) is 6.07. The van der Waals surface area contributed by atoms with Crippen molar-refractivity contribution in [2.75, 3.05) is 6.54 Å². The summed E-state index contributed by atoms with van der Waals surface area (Å²) in [6.07, 6.45) is 6.07. The number of aromatic nitrogens is 1. The average Bonchev–Trinajstić information content (AvgIpc) is 3.08. The first-order valence-corrected chi connectivity index (χ1v) is 8.44. The van der Waals surface area contributed by atoms with Gasteiger partial charge in [0.05, 0.1) is 4.90 Å². The first kappa shape index (κ1) is 14.6. The number of hydrogen-bond acceptors (Lipinski definition) is 3. The van der Waals surface area contributed by atoms with Gasteiger partial charge in [0.2, 0.25) is 10.0 Å². The van der Waals surface area contributed by atoms with Crippen molar-refractivity contribution in [1.82, 2.24) is 9.29 Å². The van der Waals surface area contributed by atoms with Gasteiger partial charge in [-0.1, -0.05) is 19.8 Å². The molecule has 1 heterocycles. The quantitative estimate of drug-likeness (QED) is 0.758. The molecule has 6 heteroatoms. The molecule has 1 fully saturated rings. The number of nitrogens with two attached hydrogens (primary N) is 1. The van der Waals surface area contributed by atoms with Crippen molar-refractivity contribution in [1.29, 1.82) is 0 Å². The van der Waals surface area contributed by atoms with Crippen molar-refractivity contribution >= 4 is 10.0 Å². The molecule has 0 bridgehead atoms. The molecule has 3 N–H and O–H groups in total. The van der Waals surface area contributed by atoms with Crippen LogP contribution < -0.4 is 10.5 Å². The highest BCUT2D eigenvalue weighted by Crippen LogP contribution is 2.31. The fourth-order valence-corrected chi connectivity index (χ4v) is 3.29. The van der Waals surface area contributed by atoms with E-state index in [9.17, 15) is 8.42 Å². The van der Waals surface area contributed by atoms with Crippen LogP contribution in [-0.4, -0.2) is 19.5 Å². The van der Waals surface area contributed by atoms with Gasteiger partial charge in [-0.25, -0.2) is 13.1 Å². The number of hydrogen-bond donors (Lipinski definition) is 2. The molecular weight excluding hydrogens is 262 g/mol. The molecule has 0 aromatic carbocycles. The van der Waals surface area contributed by atoms with Gasteiger partial charge in [0.15, 0.2) is 0 Å². The first-order chi connectivity index (χ1) is 9.06. The average molecular weight is 285 g/mol. The van der Waals surface area contributed by atoms with Gasteiger partial charge in [-0.3, -0.25) is 0 Å². The first-order valence-electron chi connectivity index (χ1n) is 6.95. The summed E-state index contributed by atoms with van der Waals surface area (Å²) in [6, 6.07) is 1.68. The third kappa shape index (κ3) is 3.81. The van der Waals surface area contributed by atoms with Crippen molar-refractivity contribution in [2.24, 2.45) is 11.7 Å². The lowest BCUT2D eigenvalue weighted by Crippen LogP contribution is -2.24. The Morgan fingerprint density at radius 1 is 1.47 bits per heavy atom. The summed E-state index contributed by atoms with van der Waals surface area (Å²) in [5, 5.41) is 0. The minimum Gasteiger partial charge on any atom is -0.349 e. The van der Waals surface area contributed by atoms with Gasteiger partial charge in [0.25, 0.3) is 0 Å². The number of sulfonamides is 1. The van der Waals surface area contributed by atoms with Crippen LogP contribution in [0, 0.1) is 5.92 Å². The highest BCUT2D eigenvalue weighted by Gasteiger charge is 2.22. The molecule has 0 atom stereocenters. The lowest BCUT2D eigenvalue weighted by molar-refractivity contribution is 0.574.